The van der Waals surface area contributed by atoms with E-state index >= 15 is 0 Å². The third-order valence-electron chi connectivity index (χ3n) is 6.04. The molecule has 4 aromatic carbocycles. The summed E-state index contributed by atoms with van der Waals surface area (Å²) in [6, 6.07) is 26.3. The summed E-state index contributed by atoms with van der Waals surface area (Å²) in [5.41, 5.74) is 11.1. The summed E-state index contributed by atoms with van der Waals surface area (Å²) in [5.74, 6) is 1.64. The highest BCUT2D eigenvalue weighted by Crippen LogP contribution is 2.33. The zero-order valence-electron chi connectivity index (χ0n) is 23.8. The van der Waals surface area contributed by atoms with Crippen molar-refractivity contribution < 1.29 is 33.6 Å². The van der Waals surface area contributed by atoms with Crippen molar-refractivity contribution in [3.05, 3.63) is 119 Å². The van der Waals surface area contributed by atoms with Gasteiger partial charge in [-0.3, -0.25) is 4.79 Å². The lowest BCUT2D eigenvalue weighted by Gasteiger charge is -2.02. The number of ether oxygens (including phenoxy) is 4. The number of hydrogen-bond donors (Lipinski definition) is 3. The van der Waals surface area contributed by atoms with Gasteiger partial charge < -0.3 is 35.1 Å². The molecule has 2 aliphatic heterocycles. The first kappa shape index (κ1) is 30.3. The molecule has 0 aromatic heterocycles. The van der Waals surface area contributed by atoms with Gasteiger partial charge in [0.25, 0.3) is 0 Å². The Labute approximate surface area is 249 Å². The van der Waals surface area contributed by atoms with Crippen molar-refractivity contribution in [1.82, 2.24) is 0 Å². The molecule has 2 aliphatic rings. The fourth-order valence-electron chi connectivity index (χ4n) is 3.76. The standard InChI is InChI=1S/C17H15NO3.C10H8O4.C7H9N/c1-12-2-6-14(7-3-12)18-17(19)9-5-13-4-8-15-16(10-13)21-11-20-15;11-10(12)4-2-7-1-3-8-9(5-7)14-6-13-8;1-6-2-4-7(8)5-3-6/h2-10H,11H2,1H3,(H,18,19);1-5H,6H2,(H,11,12);2-5H,8H2,1H3/b9-5+;4-2+;. The number of nitrogens with one attached hydrogen (secondary N) is 1. The highest BCUT2D eigenvalue weighted by atomic mass is 16.7. The van der Waals surface area contributed by atoms with Crippen LogP contribution in [0.15, 0.2) is 97.1 Å². The molecule has 0 radical (unpaired) electrons. The number of amides is 1. The number of anilines is 2. The number of benzene rings is 4. The van der Waals surface area contributed by atoms with Gasteiger partial charge in [-0.2, -0.15) is 0 Å². The summed E-state index contributed by atoms with van der Waals surface area (Å²) >= 11 is 0. The summed E-state index contributed by atoms with van der Waals surface area (Å²) in [7, 11) is 0. The average Bonchev–Trinajstić information content (AvgIpc) is 3.67. The molecule has 0 saturated heterocycles. The largest absolute Gasteiger partial charge is 0.478 e. The number of aryl methyl sites for hydroxylation is 2. The van der Waals surface area contributed by atoms with Crippen LogP contribution >= 0.6 is 0 Å². The van der Waals surface area contributed by atoms with Gasteiger partial charge in [0, 0.05) is 23.5 Å². The van der Waals surface area contributed by atoms with Crippen LogP contribution in [0.4, 0.5) is 11.4 Å². The van der Waals surface area contributed by atoms with Crippen molar-refractivity contribution in [2.24, 2.45) is 0 Å². The number of nitrogen functional groups attached to an aromatic ring is 1. The number of hydrogen-bond acceptors (Lipinski definition) is 7. The van der Waals surface area contributed by atoms with Gasteiger partial charge in [0.15, 0.2) is 23.0 Å². The van der Waals surface area contributed by atoms with Crippen LogP contribution < -0.4 is 30.0 Å². The van der Waals surface area contributed by atoms with E-state index in [1.165, 1.54) is 17.7 Å². The molecular weight excluding hydrogens is 548 g/mol. The van der Waals surface area contributed by atoms with Crippen LogP contribution in [0, 0.1) is 13.8 Å². The summed E-state index contributed by atoms with van der Waals surface area (Å²) in [6.45, 7) is 4.52. The molecule has 4 N–H and O–H groups in total. The van der Waals surface area contributed by atoms with Crippen LogP contribution in [0.1, 0.15) is 22.3 Å². The van der Waals surface area contributed by atoms with Gasteiger partial charge in [-0.1, -0.05) is 47.5 Å². The number of rotatable bonds is 5. The van der Waals surface area contributed by atoms with E-state index in [1.54, 1.807) is 24.3 Å². The molecule has 6 rings (SSSR count). The molecule has 2 heterocycles. The lowest BCUT2D eigenvalue weighted by Crippen LogP contribution is -2.07. The summed E-state index contributed by atoms with van der Waals surface area (Å²) < 4.78 is 20.8. The molecule has 0 unspecified atom stereocenters. The van der Waals surface area contributed by atoms with Crippen molar-refractivity contribution in [2.75, 3.05) is 24.6 Å². The molecule has 0 saturated carbocycles. The smallest absolute Gasteiger partial charge is 0.328 e. The zero-order valence-corrected chi connectivity index (χ0v) is 23.8. The molecule has 0 spiro atoms. The van der Waals surface area contributed by atoms with Crippen LogP contribution in [0.2, 0.25) is 0 Å². The molecule has 0 fully saturated rings. The van der Waals surface area contributed by atoms with E-state index in [2.05, 4.69) is 5.32 Å². The highest BCUT2D eigenvalue weighted by molar-refractivity contribution is 6.02. The molecule has 9 nitrogen and oxygen atoms in total. The second kappa shape index (κ2) is 14.8. The maximum atomic E-state index is 11.9. The van der Waals surface area contributed by atoms with E-state index in [1.807, 2.05) is 80.6 Å². The number of fused-ring (bicyclic) bond motifs is 2. The van der Waals surface area contributed by atoms with E-state index < -0.39 is 5.97 Å². The van der Waals surface area contributed by atoms with Gasteiger partial charge in [-0.15, -0.1) is 0 Å². The van der Waals surface area contributed by atoms with Crippen LogP contribution in [0.3, 0.4) is 0 Å². The lowest BCUT2D eigenvalue weighted by molar-refractivity contribution is -0.131. The molecule has 9 heteroatoms. The molecule has 0 bridgehead atoms. The maximum absolute atomic E-state index is 11.9. The topological polar surface area (TPSA) is 129 Å². The zero-order chi connectivity index (χ0) is 30.6. The van der Waals surface area contributed by atoms with E-state index in [0.29, 0.717) is 17.2 Å². The van der Waals surface area contributed by atoms with Crippen molar-refractivity contribution in [2.45, 2.75) is 13.8 Å². The van der Waals surface area contributed by atoms with E-state index in [9.17, 15) is 9.59 Å². The third-order valence-corrected chi connectivity index (χ3v) is 6.04. The first-order chi connectivity index (χ1) is 20.7. The Morgan fingerprint density at radius 2 is 1.14 bits per heavy atom. The number of carboxylic acid groups (broad SMARTS) is 1. The minimum absolute atomic E-state index is 0.170. The fraction of sp³-hybridized carbons (Fsp3) is 0.118. The number of carboxylic acids is 1. The van der Waals surface area contributed by atoms with Gasteiger partial charge in [0.1, 0.15) is 0 Å². The molecule has 0 aliphatic carbocycles. The Hall–Kier alpha value is -5.70. The number of carbonyl (C=O) groups is 2. The van der Waals surface area contributed by atoms with Crippen LogP contribution in [0.5, 0.6) is 23.0 Å². The van der Waals surface area contributed by atoms with Gasteiger partial charge in [0.2, 0.25) is 19.5 Å². The second-order valence-electron chi connectivity index (χ2n) is 9.50. The van der Waals surface area contributed by atoms with Crippen LogP contribution in [-0.2, 0) is 9.59 Å². The SMILES string of the molecule is Cc1ccc(N)cc1.Cc1ccc(NC(=O)/C=C/c2ccc3c(c2)OCO3)cc1.O=C(O)/C=C/c1ccc2c(c1)OCO2. The molecule has 43 heavy (non-hydrogen) atoms. The summed E-state index contributed by atoms with van der Waals surface area (Å²) in [4.78, 5) is 22.1. The summed E-state index contributed by atoms with van der Waals surface area (Å²) in [5, 5.41) is 11.2. The van der Waals surface area contributed by atoms with Crippen molar-refractivity contribution >= 4 is 35.4 Å². The third kappa shape index (κ3) is 9.72. The monoisotopic (exact) mass is 580 g/mol. The van der Waals surface area contributed by atoms with Gasteiger partial charge in [-0.25, -0.2) is 4.79 Å². The van der Waals surface area contributed by atoms with Gasteiger partial charge >= 0.3 is 5.97 Å². The molecule has 0 atom stereocenters. The average molecular weight is 581 g/mol. The van der Waals surface area contributed by atoms with E-state index in [4.69, 9.17) is 29.8 Å². The predicted molar refractivity (Wildman–Crippen MR) is 166 cm³/mol. The predicted octanol–water partition coefficient (Wildman–Crippen LogP) is 6.47. The van der Waals surface area contributed by atoms with Crippen molar-refractivity contribution in [3.63, 3.8) is 0 Å². The Balaban J connectivity index is 0.000000165. The minimum atomic E-state index is -0.970. The lowest BCUT2D eigenvalue weighted by atomic mass is 10.2. The molecular formula is C34H32N2O7. The maximum Gasteiger partial charge on any atom is 0.328 e. The van der Waals surface area contributed by atoms with Gasteiger partial charge in [-0.05, 0) is 85.7 Å². The summed E-state index contributed by atoms with van der Waals surface area (Å²) in [6.07, 6.45) is 5.82. The van der Waals surface area contributed by atoms with Crippen molar-refractivity contribution in [3.8, 4) is 23.0 Å². The number of carbonyl (C=O) groups excluding carboxylic acids is 1. The van der Waals surface area contributed by atoms with Crippen molar-refractivity contribution in [1.29, 1.82) is 0 Å². The van der Waals surface area contributed by atoms with E-state index in [-0.39, 0.29) is 19.5 Å². The minimum Gasteiger partial charge on any atom is -0.478 e. The quantitative estimate of drug-likeness (QED) is 0.181. The Morgan fingerprint density at radius 3 is 1.63 bits per heavy atom. The van der Waals surface area contributed by atoms with Crippen LogP contribution in [0.25, 0.3) is 12.2 Å². The molecule has 1 amide bonds. The molecule has 220 valence electrons. The number of aliphatic carboxylic acids is 1. The Kier molecular flexibility index (Phi) is 10.4. The Morgan fingerprint density at radius 1 is 0.674 bits per heavy atom. The van der Waals surface area contributed by atoms with E-state index in [0.717, 1.165) is 39.9 Å². The van der Waals surface area contributed by atoms with Gasteiger partial charge in [0.05, 0.1) is 0 Å². The normalized spacial score (nSPS) is 12.2. The first-order valence-corrected chi connectivity index (χ1v) is 13.3. The Bertz CT molecular complexity index is 1590. The molecule has 4 aromatic rings. The highest BCUT2D eigenvalue weighted by Gasteiger charge is 2.13. The number of nitrogens with two attached hydrogens (primary N) is 1. The van der Waals surface area contributed by atoms with Crippen LogP contribution in [-0.4, -0.2) is 30.6 Å². The first-order valence-electron chi connectivity index (χ1n) is 13.3. The second-order valence-corrected chi connectivity index (χ2v) is 9.50. The fourth-order valence-corrected chi connectivity index (χ4v) is 3.76.